The van der Waals surface area contributed by atoms with Gasteiger partial charge in [0.2, 0.25) is 0 Å². The van der Waals surface area contributed by atoms with Gasteiger partial charge in [-0.15, -0.1) is 0 Å². The Balaban J connectivity index is -0.000000131. The van der Waals surface area contributed by atoms with Gasteiger partial charge in [-0.1, -0.05) is 29.9 Å². The molecule has 0 radical (unpaired) electrons. The Hall–Kier alpha value is -1.58. The molecule has 0 aliphatic rings. The van der Waals surface area contributed by atoms with E-state index in [1.165, 1.54) is 0 Å². The third-order valence-electron chi connectivity index (χ3n) is 1.80. The molecule has 0 saturated carbocycles. The van der Waals surface area contributed by atoms with Gasteiger partial charge in [0.1, 0.15) is 5.78 Å². The monoisotopic (exact) mass is 405 g/mol. The van der Waals surface area contributed by atoms with Crippen molar-refractivity contribution in [2.45, 2.75) is 54.9 Å². The summed E-state index contributed by atoms with van der Waals surface area (Å²) in [5, 5.41) is 0.470. The van der Waals surface area contributed by atoms with E-state index < -0.39 is 16.7 Å². The fraction of sp³-hybridized carbons (Fsp3) is 0.444. The topological polar surface area (TPSA) is 109 Å². The van der Waals surface area contributed by atoms with Gasteiger partial charge in [0, 0.05) is 13.3 Å². The van der Waals surface area contributed by atoms with Crippen molar-refractivity contribution in [1.29, 1.82) is 0 Å². The summed E-state index contributed by atoms with van der Waals surface area (Å²) in [6.45, 7) is 19.3. The van der Waals surface area contributed by atoms with E-state index in [2.05, 4.69) is 13.2 Å². The number of Topliss-reactive ketones (excluding diaryl/α,β-unsaturated/α-hetero) is 1. The molecule has 0 aromatic carbocycles. The molecule has 0 aliphatic heterocycles. The van der Waals surface area contributed by atoms with Crippen molar-refractivity contribution in [2.75, 3.05) is 0 Å². The van der Waals surface area contributed by atoms with Crippen LogP contribution in [0.15, 0.2) is 47.3 Å². The minimum Gasteiger partial charge on any atom is -0.310 e. The van der Waals surface area contributed by atoms with E-state index in [-0.39, 0.29) is 11.6 Å². The molecular formula is C18H31O6P2+. The van der Waals surface area contributed by atoms with Crippen molar-refractivity contribution in [3.63, 3.8) is 0 Å². The molecule has 26 heavy (non-hydrogen) atoms. The molecule has 0 heterocycles. The highest BCUT2D eigenvalue weighted by atomic mass is 31.1. The summed E-state index contributed by atoms with van der Waals surface area (Å²) in [5.41, 5.74) is 2.80. The fourth-order valence-electron chi connectivity index (χ4n) is 1.24. The van der Waals surface area contributed by atoms with E-state index in [1.807, 2.05) is 20.8 Å². The van der Waals surface area contributed by atoms with Gasteiger partial charge in [0.15, 0.2) is 11.1 Å². The van der Waals surface area contributed by atoms with Crippen LogP contribution in [0.2, 0.25) is 0 Å². The highest BCUT2D eigenvalue weighted by molar-refractivity contribution is 7.43. The normalized spacial score (nSPS) is 9.73. The zero-order valence-electron chi connectivity index (χ0n) is 16.7. The molecule has 0 aromatic heterocycles. The maximum Gasteiger partial charge on any atom is 0.541 e. The van der Waals surface area contributed by atoms with Crippen LogP contribution in [0.5, 0.6) is 0 Å². The lowest BCUT2D eigenvalue weighted by Crippen LogP contribution is -1.87. The number of hydrogen-bond acceptors (Lipinski definition) is 4. The lowest BCUT2D eigenvalue weighted by atomic mass is 10.2. The summed E-state index contributed by atoms with van der Waals surface area (Å²) in [7, 11) is -2.98. The zero-order valence-corrected chi connectivity index (χ0v) is 18.5. The Kier molecular flexibility index (Phi) is 26.5. The maximum atomic E-state index is 10.3. The molecule has 0 bridgehead atoms. The SMILES string of the molecule is C=C(C)/C=C(\C)[P+](=O)O.C=C(C)CC(C)=O.CC(=O)C=C(C)C.O=PO. The lowest BCUT2D eigenvalue weighted by molar-refractivity contribution is -0.116. The highest BCUT2D eigenvalue weighted by Gasteiger charge is 2.12. The molecule has 6 nitrogen and oxygen atoms in total. The average molecular weight is 405 g/mol. The fourth-order valence-corrected chi connectivity index (χ4v) is 1.57. The van der Waals surface area contributed by atoms with Crippen LogP contribution in [-0.2, 0) is 18.7 Å². The first-order chi connectivity index (χ1) is 11.7. The summed E-state index contributed by atoms with van der Waals surface area (Å²) >= 11 is 0. The Morgan fingerprint density at radius 2 is 1.38 bits per heavy atom. The van der Waals surface area contributed by atoms with Crippen LogP contribution in [0.3, 0.4) is 0 Å². The van der Waals surface area contributed by atoms with Gasteiger partial charge < -0.3 is 4.89 Å². The van der Waals surface area contributed by atoms with Crippen molar-refractivity contribution in [1.82, 2.24) is 0 Å². The number of hydrogen-bond donors (Lipinski definition) is 2. The smallest absolute Gasteiger partial charge is 0.310 e. The quantitative estimate of drug-likeness (QED) is 0.272. The van der Waals surface area contributed by atoms with E-state index in [9.17, 15) is 14.2 Å². The largest absolute Gasteiger partial charge is 0.541 e. The van der Waals surface area contributed by atoms with Crippen molar-refractivity contribution in [3.8, 4) is 0 Å². The summed E-state index contributed by atoms with van der Waals surface area (Å²) in [6.07, 6.45) is 3.73. The van der Waals surface area contributed by atoms with Gasteiger partial charge in [-0.3, -0.25) is 9.59 Å². The second-order valence-electron chi connectivity index (χ2n) is 5.65. The minimum absolute atomic E-state index is 0.125. The summed E-state index contributed by atoms with van der Waals surface area (Å²) < 4.78 is 18.7. The molecule has 148 valence electrons. The minimum atomic E-state index is -2.14. The lowest BCUT2D eigenvalue weighted by Gasteiger charge is -1.87. The molecule has 0 spiro atoms. The predicted molar refractivity (Wildman–Crippen MR) is 108 cm³/mol. The van der Waals surface area contributed by atoms with E-state index in [1.54, 1.807) is 39.8 Å². The molecule has 0 saturated heterocycles. The highest BCUT2D eigenvalue weighted by Crippen LogP contribution is 2.26. The van der Waals surface area contributed by atoms with Crippen LogP contribution in [0.1, 0.15) is 54.9 Å². The van der Waals surface area contributed by atoms with Gasteiger partial charge in [-0.2, -0.15) is 4.89 Å². The van der Waals surface area contributed by atoms with E-state index in [0.717, 1.165) is 16.7 Å². The molecule has 8 heteroatoms. The molecule has 0 aromatic rings. The van der Waals surface area contributed by atoms with Crippen LogP contribution in [0.25, 0.3) is 0 Å². The van der Waals surface area contributed by atoms with Crippen molar-refractivity contribution in [3.05, 3.63) is 47.3 Å². The Morgan fingerprint density at radius 3 is 1.42 bits per heavy atom. The van der Waals surface area contributed by atoms with Crippen LogP contribution in [0.4, 0.5) is 0 Å². The van der Waals surface area contributed by atoms with Gasteiger partial charge >= 0.3 is 16.7 Å². The summed E-state index contributed by atoms with van der Waals surface area (Å²) in [6, 6.07) is 0. The van der Waals surface area contributed by atoms with Gasteiger partial charge in [-0.05, 0) is 58.3 Å². The molecule has 0 amide bonds. The molecule has 0 rings (SSSR count). The predicted octanol–water partition coefficient (Wildman–Crippen LogP) is 5.47. The summed E-state index contributed by atoms with van der Waals surface area (Å²) in [5.74, 6) is 0.313. The van der Waals surface area contributed by atoms with Gasteiger partial charge in [0.05, 0.1) is 0 Å². The Morgan fingerprint density at radius 1 is 1.00 bits per heavy atom. The summed E-state index contributed by atoms with van der Waals surface area (Å²) in [4.78, 5) is 35.8. The van der Waals surface area contributed by atoms with Crippen molar-refractivity contribution >= 4 is 28.3 Å². The van der Waals surface area contributed by atoms with E-state index >= 15 is 0 Å². The first kappa shape index (κ1) is 32.1. The standard InChI is InChI=1S/C6H9O2P.2C6H10O.HO2P/c1-5(2)4-6(3)9(7)8;2*1-5(2)4-6(3)7;1-3-2/h4H,1H2,2-3H3;4H,1-3H3;1,4H2,2-3H3;(H,1,2)/p+1/b6-4+;;;. The molecule has 0 aliphatic carbocycles. The van der Waals surface area contributed by atoms with Crippen molar-refractivity contribution < 1.29 is 28.5 Å². The first-order valence-electron chi connectivity index (χ1n) is 7.47. The average Bonchev–Trinajstić information content (AvgIpc) is 2.36. The number of allylic oxidation sites excluding steroid dienone is 6. The molecule has 2 N–H and O–H groups in total. The number of carbonyl (C=O) groups excluding carboxylic acids is 2. The number of ketones is 2. The van der Waals surface area contributed by atoms with Gasteiger partial charge in [-0.25, -0.2) is 4.57 Å². The van der Waals surface area contributed by atoms with Crippen LogP contribution >= 0.6 is 16.7 Å². The van der Waals surface area contributed by atoms with E-state index in [0.29, 0.717) is 11.7 Å². The second-order valence-corrected chi connectivity index (χ2v) is 7.07. The molecule has 1 atom stereocenters. The van der Waals surface area contributed by atoms with Crippen molar-refractivity contribution in [2.24, 2.45) is 0 Å². The third-order valence-corrected chi connectivity index (χ3v) is 2.53. The number of rotatable bonds is 5. The number of carbonyl (C=O) groups is 2. The molecule has 0 fully saturated rings. The zero-order chi connectivity index (χ0) is 21.9. The molecular weight excluding hydrogens is 374 g/mol. The Labute approximate surface area is 159 Å². The van der Waals surface area contributed by atoms with Crippen LogP contribution in [-0.4, -0.2) is 21.4 Å². The molecule has 1 unspecified atom stereocenters. The third kappa shape index (κ3) is 49.5. The second kappa shape index (κ2) is 21.5. The van der Waals surface area contributed by atoms with Crippen LogP contribution in [0, 0.1) is 0 Å². The maximum absolute atomic E-state index is 10.3. The Bertz CT molecular complexity index is 544. The van der Waals surface area contributed by atoms with E-state index in [4.69, 9.17) is 14.4 Å². The van der Waals surface area contributed by atoms with Gasteiger partial charge in [0.25, 0.3) is 0 Å². The van der Waals surface area contributed by atoms with Crippen LogP contribution < -0.4 is 0 Å². The first-order valence-corrected chi connectivity index (χ1v) is 9.44.